The molecule has 1 fully saturated rings. The summed E-state index contributed by atoms with van der Waals surface area (Å²) in [6.07, 6.45) is 9.76. The Morgan fingerprint density at radius 2 is 1.86 bits per heavy atom. The van der Waals surface area contributed by atoms with Gasteiger partial charge < -0.3 is 5.32 Å². The van der Waals surface area contributed by atoms with E-state index in [1.54, 1.807) is 0 Å². The summed E-state index contributed by atoms with van der Waals surface area (Å²) < 4.78 is 0. The van der Waals surface area contributed by atoms with Gasteiger partial charge in [0.25, 0.3) is 0 Å². The zero-order valence-electron chi connectivity index (χ0n) is 10.2. The Kier molecular flexibility index (Phi) is 5.54. The van der Waals surface area contributed by atoms with E-state index in [9.17, 15) is 0 Å². The molecule has 0 aliphatic heterocycles. The van der Waals surface area contributed by atoms with E-state index in [4.69, 9.17) is 0 Å². The molecule has 2 atom stereocenters. The van der Waals surface area contributed by atoms with E-state index < -0.39 is 0 Å². The van der Waals surface area contributed by atoms with Crippen LogP contribution in [0.2, 0.25) is 0 Å². The Balaban J connectivity index is 2.25. The number of nitrogens with one attached hydrogen (secondary N) is 1. The van der Waals surface area contributed by atoms with Crippen molar-refractivity contribution in [3.05, 3.63) is 0 Å². The van der Waals surface area contributed by atoms with Crippen LogP contribution in [0.5, 0.6) is 0 Å². The standard InChI is InChI=1S/C13H27N/c1-4-8-13(5-2)14-11(3)12-9-6-7-10-12/h11-14H,4-10H2,1-3H3. The molecule has 0 spiro atoms. The number of hydrogen-bond donors (Lipinski definition) is 1. The highest BCUT2D eigenvalue weighted by atomic mass is 14.9. The smallest absolute Gasteiger partial charge is 0.00695 e. The Morgan fingerprint density at radius 3 is 2.36 bits per heavy atom. The third kappa shape index (κ3) is 3.61. The fraction of sp³-hybridized carbons (Fsp3) is 1.00. The molecule has 1 aliphatic rings. The summed E-state index contributed by atoms with van der Waals surface area (Å²) >= 11 is 0. The first kappa shape index (κ1) is 12.0. The van der Waals surface area contributed by atoms with Crippen molar-refractivity contribution < 1.29 is 0 Å². The minimum absolute atomic E-state index is 0.744. The molecular formula is C13H27N. The molecule has 2 unspecified atom stereocenters. The van der Waals surface area contributed by atoms with Gasteiger partial charge >= 0.3 is 0 Å². The average Bonchev–Trinajstić information content (AvgIpc) is 2.69. The molecule has 84 valence electrons. The summed E-state index contributed by atoms with van der Waals surface area (Å²) in [5.41, 5.74) is 0. The Morgan fingerprint density at radius 1 is 1.21 bits per heavy atom. The fourth-order valence-electron chi connectivity index (χ4n) is 2.72. The minimum Gasteiger partial charge on any atom is -0.311 e. The van der Waals surface area contributed by atoms with Crippen molar-refractivity contribution in [3.63, 3.8) is 0 Å². The average molecular weight is 197 g/mol. The van der Waals surface area contributed by atoms with Crippen molar-refractivity contribution in [1.82, 2.24) is 5.32 Å². The highest BCUT2D eigenvalue weighted by Crippen LogP contribution is 2.27. The van der Waals surface area contributed by atoms with Crippen LogP contribution in [-0.2, 0) is 0 Å². The van der Waals surface area contributed by atoms with Crippen LogP contribution in [0.4, 0.5) is 0 Å². The highest BCUT2D eigenvalue weighted by Gasteiger charge is 2.22. The molecule has 0 heterocycles. The van der Waals surface area contributed by atoms with Crippen LogP contribution < -0.4 is 5.32 Å². The van der Waals surface area contributed by atoms with Crippen LogP contribution in [0, 0.1) is 5.92 Å². The molecule has 0 amide bonds. The number of hydrogen-bond acceptors (Lipinski definition) is 1. The third-order valence-electron chi connectivity index (χ3n) is 3.74. The van der Waals surface area contributed by atoms with Gasteiger partial charge in [0.05, 0.1) is 0 Å². The first-order valence-corrected chi connectivity index (χ1v) is 6.54. The van der Waals surface area contributed by atoms with Crippen molar-refractivity contribution in [2.75, 3.05) is 0 Å². The van der Waals surface area contributed by atoms with Crippen molar-refractivity contribution >= 4 is 0 Å². The molecule has 1 rings (SSSR count). The van der Waals surface area contributed by atoms with Crippen LogP contribution >= 0.6 is 0 Å². The molecule has 1 N–H and O–H groups in total. The Bertz CT molecular complexity index is 138. The molecule has 1 saturated carbocycles. The van der Waals surface area contributed by atoms with Gasteiger partial charge in [0.15, 0.2) is 0 Å². The lowest BCUT2D eigenvalue weighted by atomic mass is 9.97. The van der Waals surface area contributed by atoms with Crippen LogP contribution in [0.15, 0.2) is 0 Å². The van der Waals surface area contributed by atoms with Crippen LogP contribution in [0.25, 0.3) is 0 Å². The summed E-state index contributed by atoms with van der Waals surface area (Å²) in [7, 11) is 0. The van der Waals surface area contributed by atoms with Crippen molar-refractivity contribution in [2.45, 2.75) is 77.8 Å². The second-order valence-corrected chi connectivity index (χ2v) is 4.89. The van der Waals surface area contributed by atoms with Gasteiger partial charge in [0.2, 0.25) is 0 Å². The normalized spacial score (nSPS) is 22.5. The van der Waals surface area contributed by atoms with Crippen molar-refractivity contribution in [1.29, 1.82) is 0 Å². The minimum atomic E-state index is 0.744. The molecule has 1 nitrogen and oxygen atoms in total. The van der Waals surface area contributed by atoms with Gasteiger partial charge in [-0.25, -0.2) is 0 Å². The van der Waals surface area contributed by atoms with Crippen LogP contribution in [0.3, 0.4) is 0 Å². The maximum atomic E-state index is 3.81. The van der Waals surface area contributed by atoms with Gasteiger partial charge in [-0.05, 0) is 38.5 Å². The third-order valence-corrected chi connectivity index (χ3v) is 3.74. The van der Waals surface area contributed by atoms with E-state index in [0.717, 1.165) is 18.0 Å². The van der Waals surface area contributed by atoms with Crippen molar-refractivity contribution in [3.8, 4) is 0 Å². The van der Waals surface area contributed by atoms with E-state index in [2.05, 4.69) is 26.1 Å². The van der Waals surface area contributed by atoms with E-state index in [1.165, 1.54) is 44.9 Å². The topological polar surface area (TPSA) is 12.0 Å². The van der Waals surface area contributed by atoms with Gasteiger partial charge in [0.1, 0.15) is 0 Å². The molecule has 0 bridgehead atoms. The molecular weight excluding hydrogens is 170 g/mol. The van der Waals surface area contributed by atoms with Crippen molar-refractivity contribution in [2.24, 2.45) is 5.92 Å². The molecule has 0 aromatic rings. The predicted molar refractivity (Wildman–Crippen MR) is 63.5 cm³/mol. The second-order valence-electron chi connectivity index (χ2n) is 4.89. The van der Waals surface area contributed by atoms with Gasteiger partial charge in [-0.2, -0.15) is 0 Å². The molecule has 0 aromatic carbocycles. The van der Waals surface area contributed by atoms with Gasteiger partial charge in [-0.1, -0.05) is 33.1 Å². The molecule has 1 heteroatoms. The van der Waals surface area contributed by atoms with Gasteiger partial charge in [0, 0.05) is 12.1 Å². The monoisotopic (exact) mass is 197 g/mol. The van der Waals surface area contributed by atoms with E-state index in [0.29, 0.717) is 0 Å². The summed E-state index contributed by atoms with van der Waals surface area (Å²) in [5.74, 6) is 0.959. The summed E-state index contributed by atoms with van der Waals surface area (Å²) in [6, 6.07) is 1.50. The molecule has 0 aromatic heterocycles. The van der Waals surface area contributed by atoms with E-state index in [-0.39, 0.29) is 0 Å². The van der Waals surface area contributed by atoms with E-state index >= 15 is 0 Å². The Labute approximate surface area is 89.7 Å². The quantitative estimate of drug-likeness (QED) is 0.684. The van der Waals surface area contributed by atoms with Crippen LogP contribution in [0.1, 0.15) is 65.7 Å². The first-order valence-electron chi connectivity index (χ1n) is 6.54. The van der Waals surface area contributed by atoms with Crippen LogP contribution in [-0.4, -0.2) is 12.1 Å². The number of rotatable bonds is 6. The van der Waals surface area contributed by atoms with Gasteiger partial charge in [-0.3, -0.25) is 0 Å². The molecule has 0 radical (unpaired) electrons. The lowest BCUT2D eigenvalue weighted by molar-refractivity contribution is 0.325. The second kappa shape index (κ2) is 6.44. The first-order chi connectivity index (χ1) is 6.77. The maximum Gasteiger partial charge on any atom is 0.00695 e. The highest BCUT2D eigenvalue weighted by molar-refractivity contribution is 4.80. The predicted octanol–water partition coefficient (Wildman–Crippen LogP) is 3.73. The maximum absolute atomic E-state index is 3.81. The summed E-state index contributed by atoms with van der Waals surface area (Å²) in [4.78, 5) is 0. The Hall–Kier alpha value is -0.0400. The largest absolute Gasteiger partial charge is 0.311 e. The van der Waals surface area contributed by atoms with E-state index in [1.807, 2.05) is 0 Å². The summed E-state index contributed by atoms with van der Waals surface area (Å²) in [5, 5.41) is 3.81. The zero-order chi connectivity index (χ0) is 10.4. The SMILES string of the molecule is CCCC(CC)NC(C)C1CCCC1. The molecule has 14 heavy (non-hydrogen) atoms. The fourth-order valence-corrected chi connectivity index (χ4v) is 2.72. The zero-order valence-corrected chi connectivity index (χ0v) is 10.2. The summed E-state index contributed by atoms with van der Waals surface area (Å²) in [6.45, 7) is 6.97. The lowest BCUT2D eigenvalue weighted by Gasteiger charge is -2.26. The van der Waals surface area contributed by atoms with Gasteiger partial charge in [-0.15, -0.1) is 0 Å². The lowest BCUT2D eigenvalue weighted by Crippen LogP contribution is -2.39. The molecule has 0 saturated heterocycles. The molecule has 1 aliphatic carbocycles.